The lowest BCUT2D eigenvalue weighted by molar-refractivity contribution is -0.138. The first-order chi connectivity index (χ1) is 9.56. The molecule has 8 nitrogen and oxygen atoms in total. The van der Waals surface area contributed by atoms with Crippen molar-refractivity contribution in [2.75, 3.05) is 13.1 Å². The van der Waals surface area contributed by atoms with E-state index in [1.165, 1.54) is 11.2 Å². The fourth-order valence-electron chi connectivity index (χ4n) is 2.17. The number of rotatable bonds is 4. The van der Waals surface area contributed by atoms with Gasteiger partial charge >= 0.3 is 0 Å². The Labute approximate surface area is 115 Å². The van der Waals surface area contributed by atoms with Gasteiger partial charge in [-0.3, -0.25) is 19.7 Å². The monoisotopic (exact) mass is 279 g/mol. The van der Waals surface area contributed by atoms with E-state index in [1.807, 2.05) is 0 Å². The van der Waals surface area contributed by atoms with E-state index in [-0.39, 0.29) is 12.2 Å². The van der Waals surface area contributed by atoms with Crippen LogP contribution in [0, 0.1) is 0 Å². The molecule has 8 heteroatoms. The molecule has 2 rings (SSSR count). The average Bonchev–Trinajstić information content (AvgIpc) is 2.86. The summed E-state index contributed by atoms with van der Waals surface area (Å²) < 4.78 is 1.69. The lowest BCUT2D eigenvalue weighted by atomic mass is 10.1. The summed E-state index contributed by atoms with van der Waals surface area (Å²) in [6.45, 7) is 2.64. The highest BCUT2D eigenvalue weighted by Crippen LogP contribution is 2.13. The number of piperazine rings is 1. The zero-order chi connectivity index (χ0) is 14.7. The first-order valence-corrected chi connectivity index (χ1v) is 6.43. The summed E-state index contributed by atoms with van der Waals surface area (Å²) in [6, 6.07) is -0.639. The van der Waals surface area contributed by atoms with Crippen LogP contribution < -0.4 is 11.1 Å². The van der Waals surface area contributed by atoms with E-state index in [9.17, 15) is 14.4 Å². The van der Waals surface area contributed by atoms with Crippen LogP contribution in [0.5, 0.6) is 0 Å². The minimum absolute atomic E-state index is 0.132. The highest BCUT2D eigenvalue weighted by molar-refractivity contribution is 6.06. The molecule has 108 valence electrons. The van der Waals surface area contributed by atoms with Crippen LogP contribution in [-0.4, -0.2) is 51.3 Å². The molecule has 1 saturated heterocycles. The Hall–Kier alpha value is -2.22. The van der Waals surface area contributed by atoms with E-state index < -0.39 is 23.8 Å². The minimum Gasteiger partial charge on any atom is -0.335 e. The van der Waals surface area contributed by atoms with Crippen LogP contribution in [0.1, 0.15) is 23.8 Å². The molecule has 1 atom stereocenters. The molecule has 0 aromatic carbocycles. The molecule has 3 N–H and O–H groups in total. The van der Waals surface area contributed by atoms with Crippen molar-refractivity contribution in [3.63, 3.8) is 0 Å². The smallest absolute Gasteiger partial charge is 0.275 e. The minimum atomic E-state index is -0.639. The maximum Gasteiger partial charge on any atom is 0.275 e. The van der Waals surface area contributed by atoms with Gasteiger partial charge in [-0.25, -0.2) is 4.98 Å². The highest BCUT2D eigenvalue weighted by Gasteiger charge is 2.36. The van der Waals surface area contributed by atoms with Crippen molar-refractivity contribution in [3.05, 3.63) is 18.2 Å². The van der Waals surface area contributed by atoms with Gasteiger partial charge in [-0.2, -0.15) is 0 Å². The zero-order valence-corrected chi connectivity index (χ0v) is 11.2. The van der Waals surface area contributed by atoms with Crippen LogP contribution >= 0.6 is 0 Å². The summed E-state index contributed by atoms with van der Waals surface area (Å²) >= 11 is 0. The number of imide groups is 1. The van der Waals surface area contributed by atoms with Crippen molar-refractivity contribution in [1.29, 1.82) is 0 Å². The van der Waals surface area contributed by atoms with Crippen molar-refractivity contribution in [2.45, 2.75) is 25.9 Å². The summed E-state index contributed by atoms with van der Waals surface area (Å²) in [4.78, 5) is 40.8. The molecule has 1 aliphatic heterocycles. The standard InChI is InChI=1S/C12H17N5O3/c1-2-9-11(19)15-10(18)6-17(9)12(20)8-5-16(4-3-13)7-14-8/h5,7,9H,2-4,6,13H2,1H3,(H,15,18,19). The second-order valence-electron chi connectivity index (χ2n) is 4.55. The third-order valence-corrected chi connectivity index (χ3v) is 3.14. The Morgan fingerprint density at radius 1 is 1.55 bits per heavy atom. The number of nitrogens with one attached hydrogen (secondary N) is 1. The lowest BCUT2D eigenvalue weighted by Crippen LogP contribution is -2.59. The van der Waals surface area contributed by atoms with Crippen molar-refractivity contribution in [2.24, 2.45) is 5.73 Å². The first kappa shape index (κ1) is 14.2. The van der Waals surface area contributed by atoms with Gasteiger partial charge in [0.15, 0.2) is 0 Å². The molecule has 1 aliphatic rings. The topological polar surface area (TPSA) is 110 Å². The summed E-state index contributed by atoms with van der Waals surface area (Å²) in [5, 5.41) is 2.23. The van der Waals surface area contributed by atoms with Gasteiger partial charge in [-0.15, -0.1) is 0 Å². The second-order valence-corrected chi connectivity index (χ2v) is 4.55. The number of nitrogens with zero attached hydrogens (tertiary/aromatic N) is 3. The van der Waals surface area contributed by atoms with E-state index >= 15 is 0 Å². The van der Waals surface area contributed by atoms with Gasteiger partial charge in [0.2, 0.25) is 11.8 Å². The Kier molecular flexibility index (Phi) is 4.14. The third-order valence-electron chi connectivity index (χ3n) is 3.14. The number of nitrogens with two attached hydrogens (primary N) is 1. The van der Waals surface area contributed by atoms with Gasteiger partial charge in [-0.05, 0) is 6.42 Å². The quantitative estimate of drug-likeness (QED) is 0.667. The molecule has 0 saturated carbocycles. The van der Waals surface area contributed by atoms with Crippen molar-refractivity contribution in [3.8, 4) is 0 Å². The average molecular weight is 279 g/mol. The number of hydrogen-bond donors (Lipinski definition) is 2. The Morgan fingerprint density at radius 2 is 2.30 bits per heavy atom. The van der Waals surface area contributed by atoms with Crippen LogP contribution in [0.15, 0.2) is 12.5 Å². The van der Waals surface area contributed by atoms with Gasteiger partial charge < -0.3 is 15.2 Å². The molecule has 0 radical (unpaired) electrons. The van der Waals surface area contributed by atoms with Crippen LogP contribution in [0.4, 0.5) is 0 Å². The van der Waals surface area contributed by atoms with Crippen LogP contribution in [-0.2, 0) is 16.1 Å². The van der Waals surface area contributed by atoms with Crippen molar-refractivity contribution < 1.29 is 14.4 Å². The van der Waals surface area contributed by atoms with E-state index in [0.717, 1.165) is 0 Å². The lowest BCUT2D eigenvalue weighted by Gasteiger charge is -2.32. The van der Waals surface area contributed by atoms with Crippen molar-refractivity contribution in [1.82, 2.24) is 19.8 Å². The Morgan fingerprint density at radius 3 is 2.95 bits per heavy atom. The zero-order valence-electron chi connectivity index (χ0n) is 11.2. The van der Waals surface area contributed by atoms with Crippen LogP contribution in [0.2, 0.25) is 0 Å². The van der Waals surface area contributed by atoms with Gasteiger partial charge in [-0.1, -0.05) is 6.92 Å². The second kappa shape index (κ2) is 5.83. The van der Waals surface area contributed by atoms with E-state index in [1.54, 1.807) is 17.7 Å². The number of hydrogen-bond acceptors (Lipinski definition) is 5. The van der Waals surface area contributed by atoms with Crippen LogP contribution in [0.25, 0.3) is 0 Å². The van der Waals surface area contributed by atoms with Crippen molar-refractivity contribution >= 4 is 17.7 Å². The summed E-state index contributed by atoms with van der Waals surface area (Å²) in [5.41, 5.74) is 5.63. The Balaban J connectivity index is 2.20. The maximum absolute atomic E-state index is 12.4. The molecule has 0 aliphatic carbocycles. The number of imidazole rings is 1. The third kappa shape index (κ3) is 2.69. The Bertz CT molecular complexity index is 539. The SMILES string of the molecule is CCC1C(=O)NC(=O)CN1C(=O)c1cn(CCN)cn1. The van der Waals surface area contributed by atoms with Crippen LogP contribution in [0.3, 0.4) is 0 Å². The fraction of sp³-hybridized carbons (Fsp3) is 0.500. The number of carbonyl (C=O) groups is 3. The van der Waals surface area contributed by atoms with Gasteiger partial charge in [0.05, 0.1) is 6.33 Å². The molecular weight excluding hydrogens is 262 g/mol. The molecule has 1 fully saturated rings. The molecular formula is C12H17N5O3. The molecule has 1 unspecified atom stereocenters. The largest absolute Gasteiger partial charge is 0.335 e. The molecule has 1 aromatic rings. The van der Waals surface area contributed by atoms with E-state index in [0.29, 0.717) is 19.5 Å². The molecule has 0 bridgehead atoms. The van der Waals surface area contributed by atoms with Gasteiger partial charge in [0.25, 0.3) is 5.91 Å². The predicted octanol–water partition coefficient (Wildman–Crippen LogP) is -1.28. The summed E-state index contributed by atoms with van der Waals surface area (Å²) in [7, 11) is 0. The molecule has 2 heterocycles. The molecule has 20 heavy (non-hydrogen) atoms. The fourth-order valence-corrected chi connectivity index (χ4v) is 2.17. The maximum atomic E-state index is 12.4. The first-order valence-electron chi connectivity index (χ1n) is 6.43. The molecule has 3 amide bonds. The van der Waals surface area contributed by atoms with E-state index in [4.69, 9.17) is 5.73 Å². The number of aromatic nitrogens is 2. The summed E-state index contributed by atoms with van der Waals surface area (Å²) in [5.74, 6) is -1.34. The summed E-state index contributed by atoms with van der Waals surface area (Å²) in [6.07, 6.45) is 3.51. The molecule has 0 spiro atoms. The highest BCUT2D eigenvalue weighted by atomic mass is 16.2. The van der Waals surface area contributed by atoms with Gasteiger partial charge in [0, 0.05) is 19.3 Å². The normalized spacial score (nSPS) is 19.1. The predicted molar refractivity (Wildman–Crippen MR) is 69.5 cm³/mol. The van der Waals surface area contributed by atoms with Gasteiger partial charge in [0.1, 0.15) is 18.3 Å². The number of amides is 3. The molecule has 1 aromatic heterocycles. The van der Waals surface area contributed by atoms with E-state index in [2.05, 4.69) is 10.3 Å². The number of carbonyl (C=O) groups excluding carboxylic acids is 3.